The van der Waals surface area contributed by atoms with Gasteiger partial charge in [0.05, 0.1) is 5.69 Å². The molecule has 8 heteroatoms. The quantitative estimate of drug-likeness (QED) is 0.289. The topological polar surface area (TPSA) is 87.2 Å². The maximum Gasteiger partial charge on any atom is 0.274 e. The zero-order valence-electron chi connectivity index (χ0n) is 19.9. The summed E-state index contributed by atoms with van der Waals surface area (Å²) in [6.07, 6.45) is 3.27. The van der Waals surface area contributed by atoms with Gasteiger partial charge in [0.25, 0.3) is 5.91 Å². The Kier molecular flexibility index (Phi) is 9.61. The predicted octanol–water partition coefficient (Wildman–Crippen LogP) is 4.70. The Labute approximate surface area is 205 Å². The van der Waals surface area contributed by atoms with Crippen LogP contribution in [0.2, 0.25) is 0 Å². The normalized spacial score (nSPS) is 10.8. The van der Waals surface area contributed by atoms with Crippen LogP contribution >= 0.6 is 11.8 Å². The number of benzene rings is 2. The van der Waals surface area contributed by atoms with Gasteiger partial charge in [0, 0.05) is 36.7 Å². The summed E-state index contributed by atoms with van der Waals surface area (Å²) in [5, 5.41) is 6.16. The SMILES string of the molecule is CSCCCC(=O)c1ccccc1NC(=O)c1cc(NCCN(C)C)nc(-c2ccccc2)n1. The minimum absolute atomic E-state index is 0.0173. The molecule has 1 amide bonds. The molecule has 0 aliphatic carbocycles. The minimum atomic E-state index is -0.389. The third-order valence-corrected chi connectivity index (χ3v) is 5.78. The number of hydrogen-bond acceptors (Lipinski definition) is 7. The summed E-state index contributed by atoms with van der Waals surface area (Å²) in [6.45, 7) is 1.49. The number of ketones is 1. The lowest BCUT2D eigenvalue weighted by atomic mass is 10.0. The van der Waals surface area contributed by atoms with E-state index in [0.717, 1.165) is 24.3 Å². The highest BCUT2D eigenvalue weighted by molar-refractivity contribution is 7.98. The molecule has 0 bridgehead atoms. The van der Waals surface area contributed by atoms with Crippen molar-refractivity contribution in [1.29, 1.82) is 0 Å². The van der Waals surface area contributed by atoms with E-state index < -0.39 is 0 Å². The van der Waals surface area contributed by atoms with Crippen LogP contribution in [-0.2, 0) is 0 Å². The number of nitrogens with one attached hydrogen (secondary N) is 2. The second-order valence-corrected chi connectivity index (χ2v) is 9.06. The van der Waals surface area contributed by atoms with E-state index in [2.05, 4.69) is 25.5 Å². The fourth-order valence-corrected chi connectivity index (χ4v) is 3.74. The van der Waals surface area contributed by atoms with Crippen molar-refractivity contribution in [3.8, 4) is 11.4 Å². The lowest BCUT2D eigenvalue weighted by Crippen LogP contribution is -2.22. The van der Waals surface area contributed by atoms with Crippen LogP contribution in [0.15, 0.2) is 60.7 Å². The molecule has 0 saturated carbocycles. The van der Waals surface area contributed by atoms with Gasteiger partial charge in [-0.2, -0.15) is 11.8 Å². The van der Waals surface area contributed by atoms with E-state index in [0.29, 0.717) is 35.9 Å². The minimum Gasteiger partial charge on any atom is -0.369 e. The molecule has 0 radical (unpaired) electrons. The number of aromatic nitrogens is 2. The fraction of sp³-hybridized carbons (Fsp3) is 0.308. The Bertz CT molecular complexity index is 1110. The summed E-state index contributed by atoms with van der Waals surface area (Å²) in [6, 6.07) is 18.3. The van der Waals surface area contributed by atoms with Gasteiger partial charge in [-0.05, 0) is 44.7 Å². The number of carbonyl (C=O) groups excluding carboxylic acids is 2. The number of amides is 1. The highest BCUT2D eigenvalue weighted by Crippen LogP contribution is 2.21. The molecule has 1 aromatic heterocycles. The molecule has 0 spiro atoms. The number of carbonyl (C=O) groups is 2. The van der Waals surface area contributed by atoms with Crippen molar-refractivity contribution in [2.75, 3.05) is 49.8 Å². The van der Waals surface area contributed by atoms with Gasteiger partial charge in [0.15, 0.2) is 11.6 Å². The van der Waals surface area contributed by atoms with Crippen molar-refractivity contribution in [3.63, 3.8) is 0 Å². The Morgan fingerprint density at radius 2 is 1.74 bits per heavy atom. The fourth-order valence-electron chi connectivity index (χ4n) is 3.31. The molecule has 0 atom stereocenters. The van der Waals surface area contributed by atoms with Crippen molar-refractivity contribution >= 4 is 35.0 Å². The van der Waals surface area contributed by atoms with Crippen molar-refractivity contribution in [1.82, 2.24) is 14.9 Å². The van der Waals surface area contributed by atoms with Gasteiger partial charge in [0.1, 0.15) is 11.5 Å². The number of thioether (sulfide) groups is 1. The first-order chi connectivity index (χ1) is 16.5. The van der Waals surface area contributed by atoms with Crippen LogP contribution in [0, 0.1) is 0 Å². The predicted molar refractivity (Wildman–Crippen MR) is 141 cm³/mol. The van der Waals surface area contributed by atoms with Crippen LogP contribution in [0.4, 0.5) is 11.5 Å². The first kappa shape index (κ1) is 25.4. The Hall–Kier alpha value is -3.23. The Morgan fingerprint density at radius 1 is 1.00 bits per heavy atom. The number of hydrogen-bond donors (Lipinski definition) is 2. The summed E-state index contributed by atoms with van der Waals surface area (Å²) < 4.78 is 0. The molecule has 0 saturated heterocycles. The lowest BCUT2D eigenvalue weighted by Gasteiger charge is -2.14. The number of Topliss-reactive ketones (excluding diaryl/α,β-unsaturated/α-hetero) is 1. The van der Waals surface area contributed by atoms with Crippen LogP contribution in [0.3, 0.4) is 0 Å². The molecule has 2 N–H and O–H groups in total. The number of rotatable bonds is 12. The average Bonchev–Trinajstić information content (AvgIpc) is 2.84. The van der Waals surface area contributed by atoms with E-state index in [1.165, 1.54) is 0 Å². The maximum absolute atomic E-state index is 13.2. The third kappa shape index (κ3) is 7.40. The molecule has 1 heterocycles. The van der Waals surface area contributed by atoms with Crippen LogP contribution in [0.25, 0.3) is 11.4 Å². The number of anilines is 2. The van der Waals surface area contributed by atoms with Gasteiger partial charge >= 0.3 is 0 Å². The second kappa shape index (κ2) is 12.9. The third-order valence-electron chi connectivity index (χ3n) is 5.08. The van der Waals surface area contributed by atoms with Gasteiger partial charge in [-0.15, -0.1) is 0 Å². The first-order valence-electron chi connectivity index (χ1n) is 11.2. The summed E-state index contributed by atoms with van der Waals surface area (Å²) in [5.41, 5.74) is 2.05. The van der Waals surface area contributed by atoms with Gasteiger partial charge in [-0.1, -0.05) is 42.5 Å². The van der Waals surface area contributed by atoms with E-state index in [4.69, 9.17) is 0 Å². The van der Waals surface area contributed by atoms with Crippen molar-refractivity contribution in [3.05, 3.63) is 71.9 Å². The van der Waals surface area contributed by atoms with Crippen LogP contribution in [-0.4, -0.2) is 65.8 Å². The van der Waals surface area contributed by atoms with E-state index >= 15 is 0 Å². The first-order valence-corrected chi connectivity index (χ1v) is 12.6. The molecule has 0 aliphatic rings. The molecule has 2 aromatic carbocycles. The molecule has 7 nitrogen and oxygen atoms in total. The zero-order valence-corrected chi connectivity index (χ0v) is 20.7. The number of likely N-dealkylation sites (N-methyl/N-ethyl adjacent to an activating group) is 1. The van der Waals surface area contributed by atoms with E-state index in [-0.39, 0.29) is 17.4 Å². The average molecular weight is 478 g/mol. The molecule has 0 unspecified atom stereocenters. The molecular weight excluding hydrogens is 446 g/mol. The van der Waals surface area contributed by atoms with Crippen molar-refractivity contribution < 1.29 is 9.59 Å². The Balaban J connectivity index is 1.86. The number of nitrogens with zero attached hydrogens (tertiary/aromatic N) is 3. The molecule has 3 rings (SSSR count). The van der Waals surface area contributed by atoms with Crippen LogP contribution < -0.4 is 10.6 Å². The molecule has 34 heavy (non-hydrogen) atoms. The second-order valence-electron chi connectivity index (χ2n) is 8.08. The molecule has 178 valence electrons. The highest BCUT2D eigenvalue weighted by atomic mass is 32.2. The van der Waals surface area contributed by atoms with E-state index in [1.54, 1.807) is 36.0 Å². The summed E-state index contributed by atoms with van der Waals surface area (Å²) in [4.78, 5) is 37.1. The van der Waals surface area contributed by atoms with E-state index in [9.17, 15) is 9.59 Å². The van der Waals surface area contributed by atoms with Crippen LogP contribution in [0.1, 0.15) is 33.7 Å². The Morgan fingerprint density at radius 3 is 2.47 bits per heavy atom. The standard InChI is InChI=1S/C26H31N5O2S/c1-31(2)16-15-27-24-18-22(28-25(30-24)19-10-5-4-6-11-19)26(33)29-21-13-8-7-12-20(21)23(32)14-9-17-34-3/h4-8,10-13,18H,9,14-17H2,1-3H3,(H,29,33)(H,27,28,30). The van der Waals surface area contributed by atoms with Gasteiger partial charge in [0.2, 0.25) is 0 Å². The summed E-state index contributed by atoms with van der Waals surface area (Å²) in [5.74, 6) is 1.58. The number of para-hydroxylation sites is 1. The molecular formula is C26H31N5O2S. The molecule has 0 fully saturated rings. The molecule has 0 aliphatic heterocycles. The highest BCUT2D eigenvalue weighted by Gasteiger charge is 2.17. The summed E-state index contributed by atoms with van der Waals surface area (Å²) >= 11 is 1.71. The zero-order chi connectivity index (χ0) is 24.3. The lowest BCUT2D eigenvalue weighted by molar-refractivity contribution is 0.0983. The van der Waals surface area contributed by atoms with Gasteiger partial charge in [-0.3, -0.25) is 9.59 Å². The van der Waals surface area contributed by atoms with Crippen molar-refractivity contribution in [2.24, 2.45) is 0 Å². The smallest absolute Gasteiger partial charge is 0.274 e. The van der Waals surface area contributed by atoms with E-state index in [1.807, 2.05) is 56.7 Å². The molecule has 3 aromatic rings. The van der Waals surface area contributed by atoms with Crippen LogP contribution in [0.5, 0.6) is 0 Å². The van der Waals surface area contributed by atoms with Crippen molar-refractivity contribution in [2.45, 2.75) is 12.8 Å². The largest absolute Gasteiger partial charge is 0.369 e. The monoisotopic (exact) mass is 477 g/mol. The van der Waals surface area contributed by atoms with Gasteiger partial charge in [-0.25, -0.2) is 9.97 Å². The summed E-state index contributed by atoms with van der Waals surface area (Å²) in [7, 11) is 3.99. The maximum atomic E-state index is 13.2. The van der Waals surface area contributed by atoms with Gasteiger partial charge < -0.3 is 15.5 Å².